The first-order valence-corrected chi connectivity index (χ1v) is 13.6. The van der Waals surface area contributed by atoms with Gasteiger partial charge in [-0.15, -0.1) is 0 Å². The highest BCUT2D eigenvalue weighted by atomic mass is 16.6. The molecule has 0 amide bonds. The van der Waals surface area contributed by atoms with E-state index >= 15 is 0 Å². The van der Waals surface area contributed by atoms with E-state index in [9.17, 15) is 9.59 Å². The van der Waals surface area contributed by atoms with Gasteiger partial charge in [0, 0.05) is 38.9 Å². The minimum Gasteiger partial charge on any atom is -0.459 e. The largest absolute Gasteiger partial charge is 0.459 e. The monoisotopic (exact) mass is 520 g/mol. The van der Waals surface area contributed by atoms with Crippen LogP contribution in [-0.2, 0) is 28.5 Å². The van der Waals surface area contributed by atoms with Crippen molar-refractivity contribution in [2.75, 3.05) is 14.2 Å². The molecule has 0 spiro atoms. The Kier molecular flexibility index (Phi) is 19.4. The normalized spacial score (nSPS) is 15.2. The average Bonchev–Trinajstić information content (AvgIpc) is 2.78. The summed E-state index contributed by atoms with van der Waals surface area (Å²) in [6.07, 6.45) is 1.74. The lowest BCUT2D eigenvalue weighted by molar-refractivity contribution is -0.202. The summed E-state index contributed by atoms with van der Waals surface area (Å²) in [5.41, 5.74) is -2.34. The van der Waals surface area contributed by atoms with Gasteiger partial charge < -0.3 is 18.9 Å². The van der Waals surface area contributed by atoms with Crippen molar-refractivity contribution in [3.05, 3.63) is 0 Å². The van der Waals surface area contributed by atoms with Crippen molar-refractivity contribution in [2.24, 2.45) is 10.8 Å². The van der Waals surface area contributed by atoms with Crippen LogP contribution in [0, 0.1) is 10.8 Å². The van der Waals surface area contributed by atoms with Crippen LogP contribution >= 0.6 is 0 Å². The van der Waals surface area contributed by atoms with E-state index < -0.39 is 11.2 Å². The summed E-state index contributed by atoms with van der Waals surface area (Å²) in [4.78, 5) is 22.3. The molecule has 0 radical (unpaired) electrons. The molecule has 6 heteroatoms. The van der Waals surface area contributed by atoms with Gasteiger partial charge in [0.2, 0.25) is 0 Å². The van der Waals surface area contributed by atoms with Gasteiger partial charge in [0.15, 0.2) is 0 Å². The maximum Gasteiger partial charge on any atom is 0.303 e. The Labute approximate surface area is 225 Å². The Morgan fingerprint density at radius 3 is 0.806 bits per heavy atom. The number of esters is 2. The summed E-state index contributed by atoms with van der Waals surface area (Å²) in [5.74, 6) is -0.506. The second-order valence-electron chi connectivity index (χ2n) is 11.0. The van der Waals surface area contributed by atoms with Crippen LogP contribution in [-0.4, -0.2) is 48.6 Å². The molecule has 0 aliphatic rings. The zero-order valence-electron chi connectivity index (χ0n) is 27.9. The van der Waals surface area contributed by atoms with Crippen LogP contribution in [0.2, 0.25) is 0 Å². The minimum absolute atomic E-state index is 0.250. The number of ether oxygens (including phenoxy) is 4. The Morgan fingerprint density at radius 2 is 0.694 bits per heavy atom. The molecule has 0 fully saturated rings. The molecule has 0 bridgehead atoms. The van der Waals surface area contributed by atoms with Crippen LogP contribution in [0.1, 0.15) is 137 Å². The van der Waals surface area contributed by atoms with E-state index in [4.69, 9.17) is 18.9 Å². The highest BCUT2D eigenvalue weighted by Crippen LogP contribution is 2.48. The van der Waals surface area contributed by atoms with Crippen molar-refractivity contribution in [1.29, 1.82) is 0 Å². The van der Waals surface area contributed by atoms with Crippen molar-refractivity contribution < 1.29 is 28.5 Å². The minimum atomic E-state index is -0.562. The third-order valence-corrected chi connectivity index (χ3v) is 8.55. The highest BCUT2D eigenvalue weighted by molar-refractivity contribution is 5.67. The van der Waals surface area contributed by atoms with Crippen molar-refractivity contribution in [3.63, 3.8) is 0 Å². The molecule has 0 aliphatic carbocycles. The fraction of sp³-hybridized carbons (Fsp3) is 0.933. The molecule has 2 atom stereocenters. The van der Waals surface area contributed by atoms with E-state index in [0.29, 0.717) is 0 Å². The molecule has 0 saturated heterocycles. The summed E-state index contributed by atoms with van der Waals surface area (Å²) in [5, 5.41) is 0. The lowest BCUT2D eigenvalue weighted by atomic mass is 9.63. The molecule has 0 heterocycles. The molecular weight excluding hydrogens is 456 g/mol. The van der Waals surface area contributed by atoms with Crippen LogP contribution in [0.4, 0.5) is 0 Å². The predicted octanol–water partition coefficient (Wildman–Crippen LogP) is 8.39. The second kappa shape index (κ2) is 16.7. The van der Waals surface area contributed by atoms with Gasteiger partial charge in [0.25, 0.3) is 0 Å². The molecule has 0 N–H and O–H groups in total. The SMILES string of the molecule is CC.CC.CCC(C)(C(C)(C)OC)C(C)(C)OC(C)=O.CCC(C)(C(C)(C)OC)C(C)(C)OC(C)=O. The summed E-state index contributed by atoms with van der Waals surface area (Å²) in [6.45, 7) is 35.1. The van der Waals surface area contributed by atoms with Crippen LogP contribution in [0.25, 0.3) is 0 Å². The molecule has 0 aromatic heterocycles. The fourth-order valence-electron chi connectivity index (χ4n) is 4.55. The molecular formula is C30H64O6. The maximum atomic E-state index is 11.2. The zero-order valence-corrected chi connectivity index (χ0v) is 27.9. The first kappa shape index (κ1) is 42.0. The van der Waals surface area contributed by atoms with E-state index in [2.05, 4.69) is 27.7 Å². The maximum absolute atomic E-state index is 11.2. The topological polar surface area (TPSA) is 71.1 Å². The predicted molar refractivity (Wildman–Crippen MR) is 153 cm³/mol. The smallest absolute Gasteiger partial charge is 0.303 e. The molecule has 36 heavy (non-hydrogen) atoms. The van der Waals surface area contributed by atoms with Gasteiger partial charge in [-0.1, -0.05) is 55.4 Å². The van der Waals surface area contributed by atoms with Crippen LogP contribution < -0.4 is 0 Å². The fourth-order valence-corrected chi connectivity index (χ4v) is 4.55. The Hall–Kier alpha value is -1.14. The second-order valence-corrected chi connectivity index (χ2v) is 11.0. The molecule has 0 rings (SSSR count). The van der Waals surface area contributed by atoms with E-state index in [0.717, 1.165) is 12.8 Å². The van der Waals surface area contributed by atoms with Gasteiger partial charge >= 0.3 is 11.9 Å². The lowest BCUT2D eigenvalue weighted by Gasteiger charge is -2.51. The van der Waals surface area contributed by atoms with Crippen LogP contribution in [0.15, 0.2) is 0 Å². The van der Waals surface area contributed by atoms with Gasteiger partial charge in [0.05, 0.1) is 11.2 Å². The average molecular weight is 521 g/mol. The number of rotatable bonds is 10. The Balaban J connectivity index is -0.000000249. The number of hydrogen-bond donors (Lipinski definition) is 0. The third kappa shape index (κ3) is 10.3. The van der Waals surface area contributed by atoms with E-state index in [1.165, 1.54) is 13.8 Å². The summed E-state index contributed by atoms with van der Waals surface area (Å²) in [6, 6.07) is 0. The van der Waals surface area contributed by atoms with Gasteiger partial charge in [-0.25, -0.2) is 0 Å². The lowest BCUT2D eigenvalue weighted by Crippen LogP contribution is -2.57. The Morgan fingerprint density at radius 1 is 0.500 bits per heavy atom. The Bertz CT molecular complexity index is 567. The quantitative estimate of drug-likeness (QED) is 0.269. The van der Waals surface area contributed by atoms with Gasteiger partial charge in [-0.3, -0.25) is 9.59 Å². The number of carbonyl (C=O) groups is 2. The molecule has 0 saturated carbocycles. The first-order chi connectivity index (χ1) is 16.1. The standard InChI is InChI=1S/2C13H26O3.2C2H6/c2*1-9-13(7,11(3,4)15-8)12(5,6)16-10(2)14;2*1-2/h2*9H2,1-8H3;2*1-2H3. The summed E-state index contributed by atoms with van der Waals surface area (Å²) < 4.78 is 22.1. The highest BCUT2D eigenvalue weighted by Gasteiger charge is 2.54. The number of methoxy groups -OCH3 is 2. The summed E-state index contributed by atoms with van der Waals surface area (Å²) >= 11 is 0. The first-order valence-electron chi connectivity index (χ1n) is 13.6. The molecule has 0 aromatic carbocycles. The molecule has 0 aromatic rings. The van der Waals surface area contributed by atoms with E-state index in [1.54, 1.807) is 14.2 Å². The molecule has 2 unspecified atom stereocenters. The summed E-state index contributed by atoms with van der Waals surface area (Å²) in [7, 11) is 3.38. The molecule has 220 valence electrons. The van der Waals surface area contributed by atoms with E-state index in [1.807, 2.05) is 83.1 Å². The van der Waals surface area contributed by atoms with Crippen molar-refractivity contribution >= 4 is 11.9 Å². The third-order valence-electron chi connectivity index (χ3n) is 8.55. The number of hydrogen-bond acceptors (Lipinski definition) is 6. The van der Waals surface area contributed by atoms with Crippen molar-refractivity contribution in [1.82, 2.24) is 0 Å². The van der Waals surface area contributed by atoms with Crippen LogP contribution in [0.5, 0.6) is 0 Å². The molecule has 0 aliphatic heterocycles. The zero-order chi connectivity index (χ0) is 30.4. The van der Waals surface area contributed by atoms with Crippen molar-refractivity contribution in [2.45, 2.75) is 160 Å². The van der Waals surface area contributed by atoms with Gasteiger partial charge in [0.1, 0.15) is 11.2 Å². The van der Waals surface area contributed by atoms with Gasteiger partial charge in [-0.2, -0.15) is 0 Å². The van der Waals surface area contributed by atoms with Crippen molar-refractivity contribution in [3.8, 4) is 0 Å². The van der Waals surface area contributed by atoms with E-state index in [-0.39, 0.29) is 34.0 Å². The molecule has 6 nitrogen and oxygen atoms in total. The van der Waals surface area contributed by atoms with Gasteiger partial charge in [-0.05, 0) is 68.2 Å². The van der Waals surface area contributed by atoms with Crippen LogP contribution in [0.3, 0.4) is 0 Å². The number of carbonyl (C=O) groups excluding carboxylic acids is 2.